The fourth-order valence-electron chi connectivity index (χ4n) is 1.25. The maximum Gasteiger partial charge on any atom is 0.130 e. The highest BCUT2D eigenvalue weighted by molar-refractivity contribution is 14.1. The number of benzene rings is 1. The van der Waals surface area contributed by atoms with Crippen molar-refractivity contribution in [1.29, 1.82) is 0 Å². The number of halogens is 3. The van der Waals surface area contributed by atoms with Crippen LogP contribution >= 0.6 is 34.2 Å². The van der Waals surface area contributed by atoms with Crippen molar-refractivity contribution >= 4 is 34.2 Å². The van der Waals surface area contributed by atoms with Gasteiger partial charge >= 0.3 is 0 Å². The second kappa shape index (κ2) is 4.45. The van der Waals surface area contributed by atoms with Gasteiger partial charge in [-0.3, -0.25) is 0 Å². The third-order valence-corrected chi connectivity index (χ3v) is 3.07. The minimum atomic E-state index is -0.240. The van der Waals surface area contributed by atoms with E-state index >= 15 is 0 Å². The molecule has 0 N–H and O–H groups in total. The van der Waals surface area contributed by atoms with Crippen LogP contribution in [0.3, 0.4) is 0 Å². The number of hydrogen-bond donors (Lipinski definition) is 0. The first-order valence-corrected chi connectivity index (χ1v) is 5.69. The summed E-state index contributed by atoms with van der Waals surface area (Å²) >= 11 is 7.93. The van der Waals surface area contributed by atoms with Gasteiger partial charge in [-0.05, 0) is 46.4 Å². The molecular formula is C11H6ClFIN. The summed E-state index contributed by atoms with van der Waals surface area (Å²) < 4.78 is 13.7. The first-order chi connectivity index (χ1) is 7.16. The van der Waals surface area contributed by atoms with Gasteiger partial charge in [0.15, 0.2) is 0 Å². The van der Waals surface area contributed by atoms with E-state index < -0.39 is 0 Å². The summed E-state index contributed by atoms with van der Waals surface area (Å²) in [5.74, 6) is -0.240. The summed E-state index contributed by atoms with van der Waals surface area (Å²) in [6, 6.07) is 8.09. The summed E-state index contributed by atoms with van der Waals surface area (Å²) in [6.45, 7) is 0. The Labute approximate surface area is 105 Å². The third-order valence-electron chi connectivity index (χ3n) is 1.98. The zero-order chi connectivity index (χ0) is 10.8. The van der Waals surface area contributed by atoms with Crippen LogP contribution in [0.25, 0.3) is 11.1 Å². The van der Waals surface area contributed by atoms with Gasteiger partial charge in [0.05, 0.1) is 0 Å². The average Bonchev–Trinajstić information content (AvgIpc) is 2.20. The summed E-state index contributed by atoms with van der Waals surface area (Å²) in [4.78, 5) is 4.01. The lowest BCUT2D eigenvalue weighted by atomic mass is 10.1. The van der Waals surface area contributed by atoms with Crippen LogP contribution in [-0.4, -0.2) is 4.98 Å². The van der Waals surface area contributed by atoms with E-state index in [9.17, 15) is 4.39 Å². The van der Waals surface area contributed by atoms with Gasteiger partial charge in [-0.15, -0.1) is 0 Å². The molecule has 0 aliphatic rings. The van der Waals surface area contributed by atoms with Gasteiger partial charge in [0.25, 0.3) is 0 Å². The Morgan fingerprint density at radius 3 is 2.47 bits per heavy atom. The van der Waals surface area contributed by atoms with Crippen molar-refractivity contribution in [3.8, 4) is 11.1 Å². The van der Waals surface area contributed by atoms with E-state index in [1.165, 1.54) is 12.1 Å². The lowest BCUT2D eigenvalue weighted by Crippen LogP contribution is -1.86. The molecule has 0 radical (unpaired) electrons. The Kier molecular flexibility index (Phi) is 3.21. The van der Waals surface area contributed by atoms with Crippen molar-refractivity contribution in [3.05, 3.63) is 51.1 Å². The van der Waals surface area contributed by atoms with Crippen LogP contribution in [-0.2, 0) is 0 Å². The van der Waals surface area contributed by atoms with E-state index in [1.807, 2.05) is 0 Å². The molecule has 76 valence electrons. The van der Waals surface area contributed by atoms with Crippen LogP contribution in [0.1, 0.15) is 0 Å². The molecule has 4 heteroatoms. The molecule has 0 fully saturated rings. The van der Waals surface area contributed by atoms with Crippen LogP contribution in [0.2, 0.25) is 5.15 Å². The SMILES string of the molecule is Fc1ccc(-c2cnc(Cl)cc2I)cc1. The van der Waals surface area contributed by atoms with E-state index in [0.29, 0.717) is 5.15 Å². The zero-order valence-electron chi connectivity index (χ0n) is 7.55. The Hall–Kier alpha value is -0.680. The first kappa shape index (κ1) is 10.8. The predicted molar refractivity (Wildman–Crippen MR) is 67.4 cm³/mol. The molecule has 2 rings (SSSR count). The zero-order valence-corrected chi connectivity index (χ0v) is 10.5. The fraction of sp³-hybridized carbons (Fsp3) is 0. The minimum absolute atomic E-state index is 0.240. The fourth-order valence-corrected chi connectivity index (χ4v) is 2.34. The molecule has 0 spiro atoms. The highest BCUT2D eigenvalue weighted by atomic mass is 127. The lowest BCUT2D eigenvalue weighted by molar-refractivity contribution is 0.628. The predicted octanol–water partition coefficient (Wildman–Crippen LogP) is 4.15. The quantitative estimate of drug-likeness (QED) is 0.564. The van der Waals surface area contributed by atoms with Crippen molar-refractivity contribution < 1.29 is 4.39 Å². The smallest absolute Gasteiger partial charge is 0.130 e. The van der Waals surface area contributed by atoms with Crippen molar-refractivity contribution in [1.82, 2.24) is 4.98 Å². The second-order valence-electron chi connectivity index (χ2n) is 2.99. The molecule has 15 heavy (non-hydrogen) atoms. The number of rotatable bonds is 1. The molecule has 0 amide bonds. The summed E-state index contributed by atoms with van der Waals surface area (Å²) in [5, 5.41) is 0.463. The molecule has 1 nitrogen and oxygen atoms in total. The van der Waals surface area contributed by atoms with Gasteiger partial charge in [-0.25, -0.2) is 9.37 Å². The Balaban J connectivity index is 2.49. The number of aromatic nitrogens is 1. The molecule has 0 aliphatic carbocycles. The van der Waals surface area contributed by atoms with Crippen molar-refractivity contribution in [3.63, 3.8) is 0 Å². The molecule has 0 bridgehead atoms. The Morgan fingerprint density at radius 1 is 1.20 bits per heavy atom. The molecule has 1 heterocycles. The van der Waals surface area contributed by atoms with Crippen molar-refractivity contribution in [2.45, 2.75) is 0 Å². The van der Waals surface area contributed by atoms with Crippen molar-refractivity contribution in [2.75, 3.05) is 0 Å². The van der Waals surface area contributed by atoms with Gasteiger partial charge in [0, 0.05) is 15.3 Å². The van der Waals surface area contributed by atoms with Gasteiger partial charge in [-0.2, -0.15) is 0 Å². The largest absolute Gasteiger partial charge is 0.244 e. The highest BCUT2D eigenvalue weighted by Gasteiger charge is 2.04. The topological polar surface area (TPSA) is 12.9 Å². The monoisotopic (exact) mass is 333 g/mol. The van der Waals surface area contributed by atoms with Crippen molar-refractivity contribution in [2.24, 2.45) is 0 Å². The third kappa shape index (κ3) is 2.46. The van der Waals surface area contributed by atoms with Crippen LogP contribution in [0.4, 0.5) is 4.39 Å². The van der Waals surface area contributed by atoms with E-state index in [-0.39, 0.29) is 5.82 Å². The molecule has 0 saturated heterocycles. The molecule has 2 aromatic rings. The van der Waals surface area contributed by atoms with Crippen LogP contribution in [0.15, 0.2) is 36.5 Å². The standard InChI is InChI=1S/C11H6ClFIN/c12-11-5-10(14)9(6-15-11)7-1-3-8(13)4-2-7/h1-6H. The molecule has 1 aromatic heterocycles. The van der Waals surface area contributed by atoms with Crippen LogP contribution < -0.4 is 0 Å². The normalized spacial score (nSPS) is 10.3. The second-order valence-corrected chi connectivity index (χ2v) is 4.54. The summed E-state index contributed by atoms with van der Waals surface area (Å²) in [6.07, 6.45) is 1.69. The Bertz CT molecular complexity index is 484. The molecule has 0 unspecified atom stereocenters. The number of nitrogens with zero attached hydrogens (tertiary/aromatic N) is 1. The molecule has 1 aromatic carbocycles. The minimum Gasteiger partial charge on any atom is -0.244 e. The van der Waals surface area contributed by atoms with Gasteiger partial charge < -0.3 is 0 Å². The van der Waals surface area contributed by atoms with Gasteiger partial charge in [0.1, 0.15) is 11.0 Å². The molecule has 0 atom stereocenters. The molecule has 0 aliphatic heterocycles. The van der Waals surface area contributed by atoms with Crippen LogP contribution in [0, 0.1) is 9.39 Å². The maximum absolute atomic E-state index is 12.7. The average molecular weight is 334 g/mol. The van der Waals surface area contributed by atoms with E-state index in [1.54, 1.807) is 24.4 Å². The molecular weight excluding hydrogens is 327 g/mol. The number of pyridine rings is 1. The summed E-state index contributed by atoms with van der Waals surface area (Å²) in [7, 11) is 0. The van der Waals surface area contributed by atoms with E-state index in [2.05, 4.69) is 27.6 Å². The maximum atomic E-state index is 12.7. The molecule has 0 saturated carbocycles. The first-order valence-electron chi connectivity index (χ1n) is 4.24. The highest BCUT2D eigenvalue weighted by Crippen LogP contribution is 2.26. The summed E-state index contributed by atoms with van der Waals surface area (Å²) in [5.41, 5.74) is 1.89. The van der Waals surface area contributed by atoms with Gasteiger partial charge in [0.2, 0.25) is 0 Å². The Morgan fingerprint density at radius 2 is 1.87 bits per heavy atom. The number of hydrogen-bond acceptors (Lipinski definition) is 1. The van der Waals surface area contributed by atoms with Gasteiger partial charge in [-0.1, -0.05) is 23.7 Å². The van der Waals surface area contributed by atoms with E-state index in [4.69, 9.17) is 11.6 Å². The van der Waals surface area contributed by atoms with Crippen LogP contribution in [0.5, 0.6) is 0 Å². The lowest BCUT2D eigenvalue weighted by Gasteiger charge is -2.04. The van der Waals surface area contributed by atoms with E-state index in [0.717, 1.165) is 14.7 Å².